The van der Waals surface area contributed by atoms with Crippen molar-refractivity contribution in [1.82, 2.24) is 0 Å². The molecule has 3 rings (SSSR count). The molecule has 12 heteroatoms. The summed E-state index contributed by atoms with van der Waals surface area (Å²) in [6.45, 7) is 0.216. The largest absolute Gasteiger partial charge is 0.481 e. The molecule has 0 aliphatic heterocycles. The van der Waals surface area contributed by atoms with Gasteiger partial charge in [-0.15, -0.1) is 0 Å². The van der Waals surface area contributed by atoms with Crippen LogP contribution in [-0.4, -0.2) is 60.1 Å². The minimum absolute atomic E-state index is 0.0285. The minimum atomic E-state index is -4.45. The van der Waals surface area contributed by atoms with Crippen molar-refractivity contribution in [3.63, 3.8) is 0 Å². The van der Waals surface area contributed by atoms with Gasteiger partial charge in [-0.2, -0.15) is 16.8 Å². The van der Waals surface area contributed by atoms with Gasteiger partial charge in [0, 0.05) is 0 Å². The number of hydrogen-bond donors (Lipinski definition) is 3. The highest BCUT2D eigenvalue weighted by Crippen LogP contribution is 2.47. The van der Waals surface area contributed by atoms with E-state index in [9.17, 15) is 40.6 Å². The van der Waals surface area contributed by atoms with E-state index in [0.29, 0.717) is 19.3 Å². The molecule has 3 fully saturated rings. The van der Waals surface area contributed by atoms with Crippen LogP contribution in [0, 0.1) is 29.6 Å². The van der Waals surface area contributed by atoms with Crippen molar-refractivity contribution in [2.24, 2.45) is 29.6 Å². The molecule has 0 saturated heterocycles. The van der Waals surface area contributed by atoms with Crippen molar-refractivity contribution in [3.8, 4) is 0 Å². The van der Waals surface area contributed by atoms with Crippen molar-refractivity contribution >= 4 is 32.7 Å². The molecule has 0 bridgehead atoms. The fraction of sp³-hybridized carbons (Fsp3) is 0.900. The van der Waals surface area contributed by atoms with Crippen LogP contribution in [0.3, 0.4) is 0 Å². The first-order valence-corrected chi connectivity index (χ1v) is 14.2. The summed E-state index contributed by atoms with van der Waals surface area (Å²) in [6.07, 6.45) is 4.78. The molecule has 184 valence electrons. The normalized spacial score (nSPS) is 39.2. The minimum Gasteiger partial charge on any atom is -0.481 e. The molecule has 0 heterocycles. The van der Waals surface area contributed by atoms with Gasteiger partial charge in [0.05, 0.1) is 11.2 Å². The third kappa shape index (κ3) is 5.81. The molecule has 3 aliphatic carbocycles. The Morgan fingerprint density at radius 1 is 0.719 bits per heavy atom. The number of carbonyl (C=O) groups is 2. The molecular weight excluding hydrogens is 464 g/mol. The smallest absolute Gasteiger partial charge is 0.307 e. The van der Waals surface area contributed by atoms with Crippen LogP contribution in [0.2, 0.25) is 0 Å². The van der Waals surface area contributed by atoms with E-state index in [1.165, 1.54) is 0 Å². The number of aliphatic carboxylic acids is 1. The highest BCUT2D eigenvalue weighted by atomic mass is 32.2. The lowest BCUT2D eigenvalue weighted by molar-refractivity contribution is -0.143. The highest BCUT2D eigenvalue weighted by Gasteiger charge is 2.46. The lowest BCUT2D eigenvalue weighted by Crippen LogP contribution is -2.44. The topological polar surface area (TPSA) is 172 Å². The molecule has 0 spiro atoms. The summed E-state index contributed by atoms with van der Waals surface area (Å²) >= 11 is 0. The van der Waals surface area contributed by atoms with Gasteiger partial charge in [-0.05, 0) is 87.9 Å². The monoisotopic (exact) mass is 496 g/mol. The van der Waals surface area contributed by atoms with E-state index in [4.69, 9.17) is 4.74 Å². The average Bonchev–Trinajstić information content (AvgIpc) is 2.72. The molecule has 3 aliphatic rings. The zero-order chi connectivity index (χ0) is 23.7. The Morgan fingerprint density at radius 2 is 1.16 bits per heavy atom. The number of carbonyl (C=O) groups excluding carboxylic acids is 1. The van der Waals surface area contributed by atoms with E-state index in [1.54, 1.807) is 0 Å². The van der Waals surface area contributed by atoms with Crippen molar-refractivity contribution in [2.75, 3.05) is 0 Å². The predicted octanol–water partition coefficient (Wildman–Crippen LogP) is 2.15. The first-order valence-electron chi connectivity index (χ1n) is 11.2. The van der Waals surface area contributed by atoms with Gasteiger partial charge in [0.15, 0.2) is 0 Å². The molecule has 3 saturated carbocycles. The standard InChI is InChI=1S/C20H32O10S2/c21-11-30-17-8-6-15(10-19(17)32(27,28)29)13-3-1-12(2-4-13)14-5-7-16(20(22)23)18(9-14)31(24,25)26/h11-19H,1-10H2,(H,22,23)(H,24,25,26)(H,27,28,29). The SMILES string of the molecule is O=COC1CCC(C2CCC(C3CCC(C(=O)O)C(S(=O)(=O)O)C3)CC2)CC1S(=O)(=O)O. The number of carboxylic acids is 1. The van der Waals surface area contributed by atoms with Gasteiger partial charge in [0.2, 0.25) is 0 Å². The van der Waals surface area contributed by atoms with Crippen molar-refractivity contribution in [2.45, 2.75) is 80.8 Å². The first kappa shape index (κ1) is 25.4. The van der Waals surface area contributed by atoms with E-state index in [0.717, 1.165) is 25.7 Å². The van der Waals surface area contributed by atoms with E-state index in [1.807, 2.05) is 0 Å². The summed E-state index contributed by atoms with van der Waals surface area (Å²) in [5.41, 5.74) is 0. The molecule has 32 heavy (non-hydrogen) atoms. The number of ether oxygens (including phenoxy) is 1. The second-order valence-corrected chi connectivity index (χ2v) is 12.9. The maximum atomic E-state index is 11.8. The Morgan fingerprint density at radius 3 is 1.59 bits per heavy atom. The lowest BCUT2D eigenvalue weighted by atomic mass is 9.65. The van der Waals surface area contributed by atoms with E-state index >= 15 is 0 Å². The summed E-state index contributed by atoms with van der Waals surface area (Å²) in [6, 6.07) is 0. The average molecular weight is 497 g/mol. The van der Waals surface area contributed by atoms with E-state index in [-0.39, 0.29) is 49.4 Å². The third-order valence-corrected chi connectivity index (χ3v) is 10.6. The Kier molecular flexibility index (Phi) is 7.89. The van der Waals surface area contributed by atoms with Gasteiger partial charge in [-0.3, -0.25) is 18.7 Å². The molecular formula is C20H32O10S2. The molecule has 0 aromatic carbocycles. The summed E-state index contributed by atoms with van der Waals surface area (Å²) in [4.78, 5) is 22.1. The van der Waals surface area contributed by atoms with Gasteiger partial charge >= 0.3 is 5.97 Å². The van der Waals surface area contributed by atoms with E-state index in [2.05, 4.69) is 0 Å². The molecule has 0 radical (unpaired) electrons. The molecule has 0 aromatic rings. The maximum absolute atomic E-state index is 11.8. The van der Waals surface area contributed by atoms with Crippen LogP contribution in [-0.2, 0) is 34.6 Å². The number of carboxylic acid groups (broad SMARTS) is 1. The van der Waals surface area contributed by atoms with Crippen LogP contribution in [0.15, 0.2) is 0 Å². The molecule has 10 nitrogen and oxygen atoms in total. The molecule has 6 unspecified atom stereocenters. The van der Waals surface area contributed by atoms with Crippen LogP contribution in [0.4, 0.5) is 0 Å². The van der Waals surface area contributed by atoms with Crippen LogP contribution in [0.5, 0.6) is 0 Å². The Balaban J connectivity index is 1.59. The third-order valence-electron chi connectivity index (χ3n) is 8.07. The van der Waals surface area contributed by atoms with Crippen molar-refractivity contribution < 1.29 is 45.4 Å². The molecule has 0 aromatic heterocycles. The van der Waals surface area contributed by atoms with Crippen LogP contribution < -0.4 is 0 Å². The van der Waals surface area contributed by atoms with E-state index < -0.39 is 48.7 Å². The molecule has 6 atom stereocenters. The van der Waals surface area contributed by atoms with Gasteiger partial charge in [0.25, 0.3) is 26.7 Å². The fourth-order valence-corrected chi connectivity index (χ4v) is 8.62. The zero-order valence-electron chi connectivity index (χ0n) is 17.8. The van der Waals surface area contributed by atoms with Gasteiger partial charge < -0.3 is 9.84 Å². The van der Waals surface area contributed by atoms with Gasteiger partial charge in [-0.25, -0.2) is 0 Å². The second-order valence-electron chi connectivity index (χ2n) is 9.64. The van der Waals surface area contributed by atoms with Gasteiger partial charge in [0.1, 0.15) is 11.4 Å². The van der Waals surface area contributed by atoms with Crippen LogP contribution in [0.25, 0.3) is 0 Å². The Labute approximate surface area is 188 Å². The number of rotatable bonds is 7. The predicted molar refractivity (Wildman–Crippen MR) is 113 cm³/mol. The quantitative estimate of drug-likeness (QED) is 0.350. The summed E-state index contributed by atoms with van der Waals surface area (Å²) < 4.78 is 71.1. The van der Waals surface area contributed by atoms with Crippen molar-refractivity contribution in [3.05, 3.63) is 0 Å². The fourth-order valence-electron chi connectivity index (χ4n) is 6.39. The second kappa shape index (κ2) is 9.94. The van der Waals surface area contributed by atoms with Gasteiger partial charge in [-0.1, -0.05) is 0 Å². The maximum Gasteiger partial charge on any atom is 0.307 e. The summed E-state index contributed by atoms with van der Waals surface area (Å²) in [5, 5.41) is 6.92. The zero-order valence-corrected chi connectivity index (χ0v) is 19.4. The lowest BCUT2D eigenvalue weighted by Gasteiger charge is -2.43. The summed E-state index contributed by atoms with van der Waals surface area (Å²) in [7, 11) is -8.79. The summed E-state index contributed by atoms with van der Waals surface area (Å²) in [5.74, 6) is -1.67. The molecule has 3 N–H and O–H groups in total. The van der Waals surface area contributed by atoms with Crippen molar-refractivity contribution in [1.29, 1.82) is 0 Å². The molecule has 0 amide bonds. The van der Waals surface area contributed by atoms with Crippen LogP contribution in [0.1, 0.15) is 64.2 Å². The Bertz CT molecular complexity index is 891. The Hall–Kier alpha value is -1.24. The van der Waals surface area contributed by atoms with Crippen LogP contribution >= 0.6 is 0 Å². The highest BCUT2D eigenvalue weighted by molar-refractivity contribution is 7.86. The first-order chi connectivity index (χ1) is 14.9. The number of hydrogen-bond acceptors (Lipinski definition) is 7.